The van der Waals surface area contributed by atoms with Crippen molar-refractivity contribution in [2.75, 3.05) is 27.3 Å². The maximum atomic E-state index is 10.8. The number of hydrogen-bond donors (Lipinski definition) is 2. The molecule has 0 heterocycles. The van der Waals surface area contributed by atoms with Crippen molar-refractivity contribution in [1.29, 1.82) is 0 Å². The van der Waals surface area contributed by atoms with Gasteiger partial charge < -0.3 is 19.9 Å². The molecule has 100 valence electrons. The molecule has 1 atom stereocenters. The SMILES string of the molecule is CNCC(O)COc1ccc(OC)c([N+](=O)[O-])c1. The Hall–Kier alpha value is -1.86. The van der Waals surface area contributed by atoms with Crippen molar-refractivity contribution >= 4 is 5.69 Å². The molecule has 0 aliphatic rings. The van der Waals surface area contributed by atoms with Gasteiger partial charge in [0.2, 0.25) is 0 Å². The van der Waals surface area contributed by atoms with Crippen molar-refractivity contribution in [3.63, 3.8) is 0 Å². The molecule has 0 spiro atoms. The smallest absolute Gasteiger partial charge is 0.314 e. The first-order valence-corrected chi connectivity index (χ1v) is 5.36. The van der Waals surface area contributed by atoms with Crippen LogP contribution in [0.2, 0.25) is 0 Å². The molecule has 7 nitrogen and oxygen atoms in total. The molecule has 1 unspecified atom stereocenters. The van der Waals surface area contributed by atoms with E-state index < -0.39 is 11.0 Å². The van der Waals surface area contributed by atoms with E-state index in [9.17, 15) is 15.2 Å². The maximum Gasteiger partial charge on any atom is 0.314 e. The van der Waals surface area contributed by atoms with Crippen LogP contribution in [0.1, 0.15) is 0 Å². The summed E-state index contributed by atoms with van der Waals surface area (Å²) in [5.74, 6) is 0.487. The fourth-order valence-electron chi connectivity index (χ4n) is 1.39. The second-order valence-corrected chi connectivity index (χ2v) is 3.61. The van der Waals surface area contributed by atoms with E-state index in [1.165, 1.54) is 19.2 Å². The van der Waals surface area contributed by atoms with Gasteiger partial charge in [-0.3, -0.25) is 10.1 Å². The highest BCUT2D eigenvalue weighted by molar-refractivity contribution is 5.50. The fourth-order valence-corrected chi connectivity index (χ4v) is 1.39. The second kappa shape index (κ2) is 6.77. The lowest BCUT2D eigenvalue weighted by Gasteiger charge is -2.12. The standard InChI is InChI=1S/C11H16N2O5/c1-12-6-8(14)7-18-9-3-4-11(17-2)10(5-9)13(15)16/h3-5,8,12,14H,6-7H2,1-2H3. The average molecular weight is 256 g/mol. The number of nitro groups is 1. The van der Waals surface area contributed by atoms with Crippen LogP contribution >= 0.6 is 0 Å². The number of ether oxygens (including phenoxy) is 2. The molecule has 0 fully saturated rings. The summed E-state index contributed by atoms with van der Waals surface area (Å²) in [6.45, 7) is 0.447. The minimum Gasteiger partial charge on any atom is -0.491 e. The van der Waals surface area contributed by atoms with E-state index >= 15 is 0 Å². The number of nitro benzene ring substituents is 1. The van der Waals surface area contributed by atoms with Gasteiger partial charge in [0.05, 0.1) is 18.1 Å². The summed E-state index contributed by atoms with van der Waals surface area (Å²) in [7, 11) is 3.07. The molecule has 0 aliphatic carbocycles. The number of benzene rings is 1. The van der Waals surface area contributed by atoms with Crippen LogP contribution in [0.15, 0.2) is 18.2 Å². The van der Waals surface area contributed by atoms with Crippen LogP contribution < -0.4 is 14.8 Å². The number of likely N-dealkylation sites (N-methyl/N-ethyl adjacent to an activating group) is 1. The lowest BCUT2D eigenvalue weighted by Crippen LogP contribution is -2.29. The molecule has 0 amide bonds. The van der Waals surface area contributed by atoms with Gasteiger partial charge in [-0.2, -0.15) is 0 Å². The highest BCUT2D eigenvalue weighted by atomic mass is 16.6. The first kappa shape index (κ1) is 14.2. The zero-order valence-corrected chi connectivity index (χ0v) is 10.3. The third-order valence-corrected chi connectivity index (χ3v) is 2.23. The van der Waals surface area contributed by atoms with Gasteiger partial charge in [0.1, 0.15) is 18.5 Å². The Morgan fingerprint density at radius 2 is 2.28 bits per heavy atom. The molecule has 1 rings (SSSR count). The molecule has 2 N–H and O–H groups in total. The van der Waals surface area contributed by atoms with E-state index in [1.807, 2.05) is 0 Å². The molecule has 0 radical (unpaired) electrons. The topological polar surface area (TPSA) is 93.9 Å². The minimum absolute atomic E-state index is 0.0598. The van der Waals surface area contributed by atoms with Gasteiger partial charge >= 0.3 is 5.69 Å². The number of rotatable bonds is 7. The van der Waals surface area contributed by atoms with Gasteiger partial charge in [-0.25, -0.2) is 0 Å². The van der Waals surface area contributed by atoms with Crippen molar-refractivity contribution in [1.82, 2.24) is 5.32 Å². The number of nitrogens with zero attached hydrogens (tertiary/aromatic N) is 1. The molecular weight excluding hydrogens is 240 g/mol. The van der Waals surface area contributed by atoms with Crippen LogP contribution in [0.25, 0.3) is 0 Å². The third kappa shape index (κ3) is 3.86. The monoisotopic (exact) mass is 256 g/mol. The van der Waals surface area contributed by atoms with Gasteiger partial charge in [0.15, 0.2) is 5.75 Å². The highest BCUT2D eigenvalue weighted by Gasteiger charge is 2.16. The van der Waals surface area contributed by atoms with Crippen LogP contribution in [0.5, 0.6) is 11.5 Å². The predicted octanol–water partition coefficient (Wildman–Crippen LogP) is 0.562. The van der Waals surface area contributed by atoms with Crippen LogP contribution in [-0.4, -0.2) is 43.4 Å². The van der Waals surface area contributed by atoms with Crippen molar-refractivity contribution in [3.8, 4) is 11.5 Å². The molecule has 18 heavy (non-hydrogen) atoms. The van der Waals surface area contributed by atoms with E-state index in [2.05, 4.69) is 5.32 Å². The Morgan fingerprint density at radius 3 is 2.83 bits per heavy atom. The largest absolute Gasteiger partial charge is 0.491 e. The summed E-state index contributed by atoms with van der Waals surface area (Å²) in [5, 5.41) is 23.0. The molecule has 0 aromatic heterocycles. The fraction of sp³-hybridized carbons (Fsp3) is 0.455. The lowest BCUT2D eigenvalue weighted by molar-refractivity contribution is -0.385. The summed E-state index contributed by atoms with van der Waals surface area (Å²) in [6.07, 6.45) is -0.670. The highest BCUT2D eigenvalue weighted by Crippen LogP contribution is 2.30. The van der Waals surface area contributed by atoms with Gasteiger partial charge in [0, 0.05) is 6.54 Å². The van der Waals surface area contributed by atoms with E-state index in [0.29, 0.717) is 12.3 Å². The molecule has 0 saturated carbocycles. The number of aliphatic hydroxyl groups is 1. The van der Waals surface area contributed by atoms with E-state index in [0.717, 1.165) is 0 Å². The van der Waals surface area contributed by atoms with Gasteiger partial charge in [-0.15, -0.1) is 0 Å². The number of nitrogens with one attached hydrogen (secondary N) is 1. The Morgan fingerprint density at radius 1 is 1.56 bits per heavy atom. The van der Waals surface area contributed by atoms with Crippen molar-refractivity contribution in [2.24, 2.45) is 0 Å². The van der Waals surface area contributed by atoms with E-state index in [4.69, 9.17) is 9.47 Å². The molecule has 1 aromatic carbocycles. The van der Waals surface area contributed by atoms with Gasteiger partial charge in [-0.05, 0) is 19.2 Å². The molecular formula is C11H16N2O5. The van der Waals surface area contributed by atoms with Crippen LogP contribution in [0.4, 0.5) is 5.69 Å². The van der Waals surface area contributed by atoms with Gasteiger partial charge in [-0.1, -0.05) is 0 Å². The first-order chi connectivity index (χ1) is 8.58. The Bertz CT molecular complexity index is 410. The van der Waals surface area contributed by atoms with Gasteiger partial charge in [0.25, 0.3) is 0 Å². The molecule has 0 bridgehead atoms. The lowest BCUT2D eigenvalue weighted by atomic mass is 10.3. The third-order valence-electron chi connectivity index (χ3n) is 2.23. The second-order valence-electron chi connectivity index (χ2n) is 3.61. The Labute approximate surface area is 104 Å². The molecule has 0 aliphatic heterocycles. The zero-order valence-electron chi connectivity index (χ0n) is 10.3. The minimum atomic E-state index is -0.670. The summed E-state index contributed by atoms with van der Waals surface area (Å²) in [6, 6.07) is 4.28. The summed E-state index contributed by atoms with van der Waals surface area (Å²) in [5.41, 5.74) is -0.168. The van der Waals surface area contributed by atoms with Crippen molar-refractivity contribution in [3.05, 3.63) is 28.3 Å². The first-order valence-electron chi connectivity index (χ1n) is 5.36. The molecule has 1 aromatic rings. The van der Waals surface area contributed by atoms with E-state index in [1.54, 1.807) is 13.1 Å². The molecule has 7 heteroatoms. The quantitative estimate of drug-likeness (QED) is 0.547. The zero-order chi connectivity index (χ0) is 13.5. The number of methoxy groups -OCH3 is 1. The van der Waals surface area contributed by atoms with Crippen LogP contribution in [-0.2, 0) is 0 Å². The van der Waals surface area contributed by atoms with E-state index in [-0.39, 0.29) is 18.0 Å². The predicted molar refractivity (Wildman–Crippen MR) is 65.1 cm³/mol. The summed E-state index contributed by atoms with van der Waals surface area (Å²) >= 11 is 0. The average Bonchev–Trinajstić information content (AvgIpc) is 2.36. The molecule has 0 saturated heterocycles. The van der Waals surface area contributed by atoms with Crippen molar-refractivity contribution in [2.45, 2.75) is 6.10 Å². The Balaban J connectivity index is 2.73. The summed E-state index contributed by atoms with van der Waals surface area (Å²) in [4.78, 5) is 10.2. The Kier molecular flexibility index (Phi) is 5.34. The van der Waals surface area contributed by atoms with Crippen LogP contribution in [0, 0.1) is 10.1 Å². The van der Waals surface area contributed by atoms with Crippen molar-refractivity contribution < 1.29 is 19.5 Å². The maximum absolute atomic E-state index is 10.8. The number of aliphatic hydroxyl groups excluding tert-OH is 1. The summed E-state index contributed by atoms with van der Waals surface area (Å²) < 4.78 is 10.1. The normalized spacial score (nSPS) is 11.9. The number of hydrogen-bond acceptors (Lipinski definition) is 6. The van der Waals surface area contributed by atoms with Crippen LogP contribution in [0.3, 0.4) is 0 Å².